The highest BCUT2D eigenvalue weighted by molar-refractivity contribution is 5.51. The van der Waals surface area contributed by atoms with Crippen LogP contribution in [0.3, 0.4) is 0 Å². The van der Waals surface area contributed by atoms with Gasteiger partial charge < -0.3 is 4.98 Å². The summed E-state index contributed by atoms with van der Waals surface area (Å²) in [5.41, 5.74) is 1.38. The Labute approximate surface area is 103 Å². The number of hydrogen-bond donors (Lipinski definition) is 1. The van der Waals surface area contributed by atoms with Crippen molar-refractivity contribution in [3.05, 3.63) is 58.0 Å². The Kier molecular flexibility index (Phi) is 3.30. The van der Waals surface area contributed by atoms with Gasteiger partial charge in [-0.2, -0.15) is 10.4 Å². The van der Waals surface area contributed by atoms with E-state index >= 15 is 0 Å². The number of aromatic nitrogens is 1. The molecular weight excluding hydrogens is 228 g/mol. The summed E-state index contributed by atoms with van der Waals surface area (Å²) >= 11 is 0. The molecule has 0 unspecified atom stereocenters. The number of aromatic amines is 1. The fourth-order valence-corrected chi connectivity index (χ4v) is 1.46. The van der Waals surface area contributed by atoms with Gasteiger partial charge in [-0.15, -0.1) is 5.11 Å². The van der Waals surface area contributed by atoms with Gasteiger partial charge in [0.1, 0.15) is 17.3 Å². The number of azo groups is 1. The highest BCUT2D eigenvalue weighted by Crippen LogP contribution is 2.21. The molecule has 0 bridgehead atoms. The molecule has 0 aliphatic rings. The smallest absolute Gasteiger partial charge is 0.266 e. The van der Waals surface area contributed by atoms with Crippen LogP contribution in [-0.4, -0.2) is 4.98 Å². The fraction of sp³-hybridized carbons (Fsp3) is 0.0769. The van der Waals surface area contributed by atoms with Gasteiger partial charge >= 0.3 is 0 Å². The lowest BCUT2D eigenvalue weighted by Gasteiger charge is -1.99. The minimum absolute atomic E-state index is 0.0690. The van der Waals surface area contributed by atoms with Crippen LogP contribution in [0.25, 0.3) is 0 Å². The predicted molar refractivity (Wildman–Crippen MR) is 67.1 cm³/mol. The summed E-state index contributed by atoms with van der Waals surface area (Å²) in [5, 5.41) is 16.9. The molecule has 2 aromatic rings. The molecule has 88 valence electrons. The Hall–Kier alpha value is -2.74. The SMILES string of the molecule is Cc1c(N=Nc2ccccc2)c[nH]c(=O)c1C#N. The van der Waals surface area contributed by atoms with Crippen LogP contribution in [0.4, 0.5) is 11.4 Å². The van der Waals surface area contributed by atoms with E-state index in [-0.39, 0.29) is 5.56 Å². The summed E-state index contributed by atoms with van der Waals surface area (Å²) in [4.78, 5) is 13.8. The molecule has 0 fully saturated rings. The highest BCUT2D eigenvalue weighted by atomic mass is 16.1. The summed E-state index contributed by atoms with van der Waals surface area (Å²) < 4.78 is 0. The number of pyridine rings is 1. The van der Waals surface area contributed by atoms with Crippen LogP contribution in [0.1, 0.15) is 11.1 Å². The third-order valence-electron chi connectivity index (χ3n) is 2.47. The van der Waals surface area contributed by atoms with Crippen LogP contribution < -0.4 is 5.56 Å². The number of nitrogens with zero attached hydrogens (tertiary/aromatic N) is 3. The Balaban J connectivity index is 2.40. The average molecular weight is 238 g/mol. The molecule has 0 saturated heterocycles. The van der Waals surface area contributed by atoms with Crippen molar-refractivity contribution >= 4 is 11.4 Å². The molecule has 0 aliphatic heterocycles. The van der Waals surface area contributed by atoms with Gasteiger partial charge in [0, 0.05) is 11.8 Å². The first-order valence-electron chi connectivity index (χ1n) is 5.31. The molecule has 1 N–H and O–H groups in total. The molecule has 1 heterocycles. The molecule has 0 saturated carbocycles. The van der Waals surface area contributed by atoms with Gasteiger partial charge in [-0.25, -0.2) is 0 Å². The molecule has 0 aliphatic carbocycles. The summed E-state index contributed by atoms with van der Waals surface area (Å²) in [7, 11) is 0. The predicted octanol–water partition coefficient (Wildman–Crippen LogP) is 2.97. The van der Waals surface area contributed by atoms with Crippen molar-refractivity contribution in [3.63, 3.8) is 0 Å². The Morgan fingerprint density at radius 2 is 1.94 bits per heavy atom. The van der Waals surface area contributed by atoms with Gasteiger partial charge in [-0.1, -0.05) is 18.2 Å². The van der Waals surface area contributed by atoms with Crippen LogP contribution in [0.2, 0.25) is 0 Å². The van der Waals surface area contributed by atoms with Gasteiger partial charge in [-0.05, 0) is 19.1 Å². The minimum atomic E-state index is -0.409. The van der Waals surface area contributed by atoms with E-state index in [1.807, 2.05) is 36.4 Å². The maximum atomic E-state index is 11.3. The lowest BCUT2D eigenvalue weighted by atomic mass is 10.1. The third-order valence-corrected chi connectivity index (χ3v) is 2.47. The molecule has 1 aromatic carbocycles. The third kappa shape index (κ3) is 2.33. The summed E-state index contributed by atoms with van der Waals surface area (Å²) in [6.07, 6.45) is 1.45. The molecule has 2 rings (SSSR count). The van der Waals surface area contributed by atoms with Crippen molar-refractivity contribution < 1.29 is 0 Å². The zero-order valence-corrected chi connectivity index (χ0v) is 9.71. The largest absolute Gasteiger partial charge is 0.326 e. The Bertz CT molecular complexity index is 680. The van der Waals surface area contributed by atoms with Crippen LogP contribution >= 0.6 is 0 Å². The number of H-pyrrole nitrogens is 1. The first-order valence-corrected chi connectivity index (χ1v) is 5.31. The monoisotopic (exact) mass is 238 g/mol. The standard InChI is InChI=1S/C13H10N4O/c1-9-11(7-14)13(18)15-8-12(9)17-16-10-5-3-2-4-6-10/h2-6,8H,1H3,(H,15,18). The molecule has 0 spiro atoms. The van der Waals surface area contributed by atoms with Crippen LogP contribution in [0.15, 0.2) is 51.6 Å². The van der Waals surface area contributed by atoms with E-state index in [0.29, 0.717) is 16.9 Å². The average Bonchev–Trinajstić information content (AvgIpc) is 2.40. The van der Waals surface area contributed by atoms with Crippen molar-refractivity contribution in [2.75, 3.05) is 0 Å². The maximum Gasteiger partial charge on any atom is 0.266 e. The van der Waals surface area contributed by atoms with E-state index in [4.69, 9.17) is 5.26 Å². The minimum Gasteiger partial charge on any atom is -0.326 e. The number of nitriles is 1. The second-order valence-electron chi connectivity index (χ2n) is 3.65. The summed E-state index contributed by atoms with van der Waals surface area (Å²) in [6.45, 7) is 1.67. The van der Waals surface area contributed by atoms with Gasteiger partial charge in [0.05, 0.1) is 5.69 Å². The molecule has 18 heavy (non-hydrogen) atoms. The van der Waals surface area contributed by atoms with Crippen LogP contribution in [-0.2, 0) is 0 Å². The first-order chi connectivity index (χ1) is 8.72. The van der Waals surface area contributed by atoms with Crippen LogP contribution in [0, 0.1) is 18.3 Å². The maximum absolute atomic E-state index is 11.3. The van der Waals surface area contributed by atoms with Gasteiger partial charge in [0.25, 0.3) is 5.56 Å². The van der Waals surface area contributed by atoms with Crippen molar-refractivity contribution in [1.29, 1.82) is 5.26 Å². The second kappa shape index (κ2) is 5.06. The highest BCUT2D eigenvalue weighted by Gasteiger charge is 2.07. The zero-order valence-electron chi connectivity index (χ0n) is 9.71. The van der Waals surface area contributed by atoms with Crippen molar-refractivity contribution in [2.45, 2.75) is 6.92 Å². The first kappa shape index (κ1) is 11.7. The van der Waals surface area contributed by atoms with E-state index in [1.165, 1.54) is 6.20 Å². The quantitative estimate of drug-likeness (QED) is 0.816. The molecule has 1 aromatic heterocycles. The number of nitrogens with one attached hydrogen (secondary N) is 1. The molecule has 0 amide bonds. The van der Waals surface area contributed by atoms with Gasteiger partial charge in [0.2, 0.25) is 0 Å². The molecule has 5 heteroatoms. The van der Waals surface area contributed by atoms with E-state index < -0.39 is 5.56 Å². The van der Waals surface area contributed by atoms with Crippen molar-refractivity contribution in [3.8, 4) is 6.07 Å². The zero-order chi connectivity index (χ0) is 13.0. The number of hydrogen-bond acceptors (Lipinski definition) is 4. The van der Waals surface area contributed by atoms with Crippen LogP contribution in [0.5, 0.6) is 0 Å². The topological polar surface area (TPSA) is 81.4 Å². The summed E-state index contributed by atoms with van der Waals surface area (Å²) in [6, 6.07) is 11.1. The molecule has 5 nitrogen and oxygen atoms in total. The van der Waals surface area contributed by atoms with E-state index in [1.54, 1.807) is 6.92 Å². The Morgan fingerprint density at radius 1 is 1.22 bits per heavy atom. The lowest BCUT2D eigenvalue weighted by Crippen LogP contribution is -2.10. The molecular formula is C13H10N4O. The summed E-state index contributed by atoms with van der Waals surface area (Å²) in [5.74, 6) is 0. The second-order valence-corrected chi connectivity index (χ2v) is 3.65. The van der Waals surface area contributed by atoms with E-state index in [2.05, 4.69) is 15.2 Å². The van der Waals surface area contributed by atoms with Gasteiger partial charge in [-0.3, -0.25) is 4.79 Å². The number of rotatable bonds is 2. The number of benzene rings is 1. The van der Waals surface area contributed by atoms with Crippen molar-refractivity contribution in [1.82, 2.24) is 4.98 Å². The molecule has 0 atom stereocenters. The van der Waals surface area contributed by atoms with E-state index in [9.17, 15) is 4.79 Å². The van der Waals surface area contributed by atoms with Crippen molar-refractivity contribution in [2.24, 2.45) is 10.2 Å². The molecule has 0 radical (unpaired) electrons. The van der Waals surface area contributed by atoms with E-state index in [0.717, 1.165) is 0 Å². The Morgan fingerprint density at radius 3 is 2.61 bits per heavy atom. The normalized spacial score (nSPS) is 10.4. The lowest BCUT2D eigenvalue weighted by molar-refractivity contribution is 1.13. The fourth-order valence-electron chi connectivity index (χ4n) is 1.46. The van der Waals surface area contributed by atoms with Gasteiger partial charge in [0.15, 0.2) is 0 Å².